The molecule has 17 heavy (non-hydrogen) atoms. The van der Waals surface area contributed by atoms with E-state index in [9.17, 15) is 4.79 Å². The third-order valence-corrected chi connectivity index (χ3v) is 3.12. The number of anilines is 1. The van der Waals surface area contributed by atoms with Crippen LogP contribution in [-0.4, -0.2) is 14.8 Å². The van der Waals surface area contributed by atoms with E-state index in [0.717, 1.165) is 5.52 Å². The van der Waals surface area contributed by atoms with Gasteiger partial charge in [0.15, 0.2) is 5.65 Å². The lowest BCUT2D eigenvalue weighted by Gasteiger charge is -2.06. The minimum Gasteiger partial charge on any atom is -0.383 e. The van der Waals surface area contributed by atoms with Gasteiger partial charge >= 0.3 is 0 Å². The predicted octanol–water partition coefficient (Wildman–Crippen LogP) is 1.65. The van der Waals surface area contributed by atoms with E-state index < -0.39 is 0 Å². The summed E-state index contributed by atoms with van der Waals surface area (Å²) in [5.74, 6) is 0.289. The number of hydrogen-bond donors (Lipinski definition) is 2. The summed E-state index contributed by atoms with van der Waals surface area (Å²) in [5.41, 5.74) is 6.85. The van der Waals surface area contributed by atoms with Crippen molar-refractivity contribution in [3.63, 3.8) is 0 Å². The largest absolute Gasteiger partial charge is 0.383 e. The summed E-state index contributed by atoms with van der Waals surface area (Å²) in [6, 6.07) is 5.13. The topological polar surface area (TPSA) is 76.7 Å². The Morgan fingerprint density at radius 3 is 3.00 bits per heavy atom. The number of benzene rings is 1. The number of aromatic nitrogens is 3. The highest BCUT2D eigenvalue weighted by atomic mass is 35.5. The van der Waals surface area contributed by atoms with Crippen molar-refractivity contribution >= 4 is 39.4 Å². The molecule has 0 saturated heterocycles. The SMILES string of the molecule is Cn1c2cc(Cl)ccc2c(=O)c2c(N)[nH]nc21. The normalized spacial score (nSPS) is 11.4. The quantitative estimate of drug-likeness (QED) is 0.635. The summed E-state index contributed by atoms with van der Waals surface area (Å²) in [6.45, 7) is 0. The first kappa shape index (κ1) is 10.2. The molecule has 0 aliphatic heterocycles. The second-order valence-electron chi connectivity index (χ2n) is 3.89. The van der Waals surface area contributed by atoms with Crippen molar-refractivity contribution < 1.29 is 0 Å². The zero-order valence-electron chi connectivity index (χ0n) is 8.99. The molecule has 0 radical (unpaired) electrons. The van der Waals surface area contributed by atoms with Gasteiger partial charge in [-0.25, -0.2) is 0 Å². The zero-order chi connectivity index (χ0) is 12.2. The summed E-state index contributed by atoms with van der Waals surface area (Å²) in [6.07, 6.45) is 0. The van der Waals surface area contributed by atoms with Crippen LogP contribution >= 0.6 is 11.6 Å². The van der Waals surface area contributed by atoms with Gasteiger partial charge in [-0.15, -0.1) is 0 Å². The van der Waals surface area contributed by atoms with Crippen molar-refractivity contribution in [2.45, 2.75) is 0 Å². The lowest BCUT2D eigenvalue weighted by atomic mass is 10.1. The van der Waals surface area contributed by atoms with Crippen LogP contribution in [0.15, 0.2) is 23.0 Å². The first-order valence-electron chi connectivity index (χ1n) is 5.01. The van der Waals surface area contributed by atoms with Crippen molar-refractivity contribution in [2.75, 3.05) is 5.73 Å². The molecule has 0 saturated carbocycles. The van der Waals surface area contributed by atoms with E-state index in [1.807, 2.05) is 7.05 Å². The molecular weight excluding hydrogens is 240 g/mol. The standard InChI is InChI=1S/C11H9ClN4O/c1-16-7-4-5(12)2-3-6(7)9(17)8-10(13)14-15-11(8)16/h2-4H,1H3,(H3,13,14,15). The second kappa shape index (κ2) is 3.24. The molecule has 3 aromatic rings. The van der Waals surface area contributed by atoms with Crippen LogP contribution in [0.25, 0.3) is 21.9 Å². The Bertz CT molecular complexity index is 802. The number of pyridine rings is 1. The summed E-state index contributed by atoms with van der Waals surface area (Å²) >= 11 is 5.93. The predicted molar refractivity (Wildman–Crippen MR) is 68.3 cm³/mol. The fourth-order valence-electron chi connectivity index (χ4n) is 2.04. The summed E-state index contributed by atoms with van der Waals surface area (Å²) < 4.78 is 1.80. The molecule has 5 nitrogen and oxygen atoms in total. The molecule has 0 unspecified atom stereocenters. The number of nitrogens with two attached hydrogens (primary N) is 1. The molecular formula is C11H9ClN4O. The van der Waals surface area contributed by atoms with Crippen LogP contribution in [0.1, 0.15) is 0 Å². The third-order valence-electron chi connectivity index (χ3n) is 2.89. The lowest BCUT2D eigenvalue weighted by Crippen LogP contribution is -2.09. The molecule has 1 aromatic carbocycles. The Kier molecular flexibility index (Phi) is 1.94. The number of rotatable bonds is 0. The molecule has 0 amide bonds. The first-order chi connectivity index (χ1) is 8.09. The minimum atomic E-state index is -0.129. The van der Waals surface area contributed by atoms with Crippen molar-refractivity contribution in [3.8, 4) is 0 Å². The van der Waals surface area contributed by atoms with Gasteiger partial charge in [0, 0.05) is 17.5 Å². The van der Waals surface area contributed by atoms with Crippen LogP contribution in [0, 0.1) is 0 Å². The van der Waals surface area contributed by atoms with Gasteiger partial charge in [0.25, 0.3) is 0 Å². The highest BCUT2D eigenvalue weighted by Crippen LogP contribution is 2.22. The average Bonchev–Trinajstić information content (AvgIpc) is 2.68. The van der Waals surface area contributed by atoms with E-state index in [4.69, 9.17) is 17.3 Å². The number of aromatic amines is 1. The monoisotopic (exact) mass is 248 g/mol. The van der Waals surface area contributed by atoms with Crippen LogP contribution < -0.4 is 11.2 Å². The van der Waals surface area contributed by atoms with Crippen molar-refractivity contribution in [1.82, 2.24) is 14.8 Å². The maximum atomic E-state index is 12.2. The maximum absolute atomic E-state index is 12.2. The van der Waals surface area contributed by atoms with Gasteiger partial charge < -0.3 is 10.3 Å². The zero-order valence-corrected chi connectivity index (χ0v) is 9.75. The average molecular weight is 249 g/mol. The Morgan fingerprint density at radius 1 is 1.47 bits per heavy atom. The Balaban J connectivity index is 2.70. The lowest BCUT2D eigenvalue weighted by molar-refractivity contribution is 0.958. The van der Waals surface area contributed by atoms with E-state index >= 15 is 0 Å². The molecule has 0 spiro atoms. The van der Waals surface area contributed by atoms with Gasteiger partial charge in [0.05, 0.1) is 5.52 Å². The van der Waals surface area contributed by atoms with Crippen molar-refractivity contribution in [1.29, 1.82) is 0 Å². The number of fused-ring (bicyclic) bond motifs is 2. The van der Waals surface area contributed by atoms with Gasteiger partial charge in [-0.3, -0.25) is 9.89 Å². The maximum Gasteiger partial charge on any atom is 0.202 e. The number of nitrogens with one attached hydrogen (secondary N) is 1. The van der Waals surface area contributed by atoms with Gasteiger partial charge in [-0.05, 0) is 18.2 Å². The third kappa shape index (κ3) is 1.26. The molecule has 3 N–H and O–H groups in total. The molecule has 0 aliphatic rings. The molecule has 2 aromatic heterocycles. The molecule has 0 fully saturated rings. The van der Waals surface area contributed by atoms with E-state index in [0.29, 0.717) is 21.4 Å². The molecule has 0 bridgehead atoms. The van der Waals surface area contributed by atoms with E-state index in [1.165, 1.54) is 0 Å². The molecule has 86 valence electrons. The Labute approximate surface area is 101 Å². The fraction of sp³-hybridized carbons (Fsp3) is 0.0909. The van der Waals surface area contributed by atoms with Crippen LogP contribution in [0.2, 0.25) is 5.02 Å². The molecule has 0 atom stereocenters. The highest BCUT2D eigenvalue weighted by Gasteiger charge is 2.13. The van der Waals surface area contributed by atoms with Gasteiger partial charge in [0.1, 0.15) is 11.2 Å². The number of H-pyrrole nitrogens is 1. The van der Waals surface area contributed by atoms with Gasteiger partial charge in [-0.2, -0.15) is 5.10 Å². The van der Waals surface area contributed by atoms with E-state index in [-0.39, 0.29) is 11.2 Å². The Hall–Kier alpha value is -2.01. The highest BCUT2D eigenvalue weighted by molar-refractivity contribution is 6.31. The molecule has 0 aliphatic carbocycles. The number of hydrogen-bond acceptors (Lipinski definition) is 3. The second-order valence-corrected chi connectivity index (χ2v) is 4.32. The number of nitrogen functional groups attached to an aromatic ring is 1. The van der Waals surface area contributed by atoms with Crippen molar-refractivity contribution in [3.05, 3.63) is 33.4 Å². The van der Waals surface area contributed by atoms with Gasteiger partial charge in [-0.1, -0.05) is 11.6 Å². The van der Waals surface area contributed by atoms with Crippen LogP contribution in [0.5, 0.6) is 0 Å². The number of nitrogens with zero attached hydrogens (tertiary/aromatic N) is 2. The molecule has 6 heteroatoms. The summed E-state index contributed by atoms with van der Waals surface area (Å²) in [5, 5.41) is 8.23. The number of halogens is 1. The van der Waals surface area contributed by atoms with Gasteiger partial charge in [0.2, 0.25) is 5.43 Å². The molecule has 2 heterocycles. The fourth-order valence-corrected chi connectivity index (χ4v) is 2.20. The first-order valence-corrected chi connectivity index (χ1v) is 5.39. The minimum absolute atomic E-state index is 0.129. The summed E-state index contributed by atoms with van der Waals surface area (Å²) in [4.78, 5) is 12.2. The van der Waals surface area contributed by atoms with Crippen LogP contribution in [0.4, 0.5) is 5.82 Å². The summed E-state index contributed by atoms with van der Waals surface area (Å²) in [7, 11) is 1.82. The Morgan fingerprint density at radius 2 is 2.24 bits per heavy atom. The van der Waals surface area contributed by atoms with Crippen LogP contribution in [0.3, 0.4) is 0 Å². The van der Waals surface area contributed by atoms with E-state index in [2.05, 4.69) is 10.2 Å². The van der Waals surface area contributed by atoms with E-state index in [1.54, 1.807) is 22.8 Å². The van der Waals surface area contributed by atoms with Crippen LogP contribution in [-0.2, 0) is 7.05 Å². The number of aryl methyl sites for hydroxylation is 1. The smallest absolute Gasteiger partial charge is 0.202 e. The molecule has 3 rings (SSSR count). The van der Waals surface area contributed by atoms with Crippen molar-refractivity contribution in [2.24, 2.45) is 7.05 Å².